The van der Waals surface area contributed by atoms with Crippen molar-refractivity contribution in [2.45, 2.75) is 37.6 Å². The van der Waals surface area contributed by atoms with Crippen molar-refractivity contribution in [2.24, 2.45) is 0 Å². The summed E-state index contributed by atoms with van der Waals surface area (Å²) in [5.41, 5.74) is 0.310. The predicted molar refractivity (Wildman–Crippen MR) is 76.1 cm³/mol. The van der Waals surface area contributed by atoms with Gasteiger partial charge in [-0.2, -0.15) is 4.31 Å². The Morgan fingerprint density at radius 2 is 2.29 bits per heavy atom. The van der Waals surface area contributed by atoms with Gasteiger partial charge >= 0.3 is 0 Å². The lowest BCUT2D eigenvalue weighted by Crippen LogP contribution is -2.46. The first-order chi connectivity index (χ1) is 9.89. The second-order valence-corrected chi connectivity index (χ2v) is 6.79. The average molecular weight is 313 g/mol. The van der Waals surface area contributed by atoms with Gasteiger partial charge in [-0.1, -0.05) is 11.2 Å². The van der Waals surface area contributed by atoms with Crippen LogP contribution in [0.2, 0.25) is 0 Å². The first kappa shape index (κ1) is 15.7. The summed E-state index contributed by atoms with van der Waals surface area (Å²) in [6.07, 6.45) is 2.71. The molecular formula is C13H19N3O4S. The monoisotopic (exact) mass is 313 g/mol. The molecule has 0 radical (unpaired) electrons. The standard InChI is InChI=1S/C13H19N3O4S/c1-4-7-14-13(17)11-6-5-8-16(11)21(18,19)12-9(2)15-20-10(12)3/h4,11H,1,5-8H2,2-3H3,(H,14,17)/t11-/m1/s1. The Kier molecular flexibility index (Phi) is 4.48. The van der Waals surface area contributed by atoms with E-state index in [1.165, 1.54) is 4.31 Å². The second kappa shape index (κ2) is 5.98. The summed E-state index contributed by atoms with van der Waals surface area (Å²) >= 11 is 0. The van der Waals surface area contributed by atoms with Crippen LogP contribution in [0.4, 0.5) is 0 Å². The molecule has 1 aromatic rings. The summed E-state index contributed by atoms with van der Waals surface area (Å²) in [5.74, 6) is -0.0626. The van der Waals surface area contributed by atoms with Crippen LogP contribution in [0.5, 0.6) is 0 Å². The van der Waals surface area contributed by atoms with Crippen molar-refractivity contribution >= 4 is 15.9 Å². The van der Waals surface area contributed by atoms with Crippen LogP contribution in [0.15, 0.2) is 22.1 Å². The van der Waals surface area contributed by atoms with Gasteiger partial charge in [-0.3, -0.25) is 4.79 Å². The van der Waals surface area contributed by atoms with Crippen LogP contribution in [0, 0.1) is 13.8 Å². The number of sulfonamides is 1. The Morgan fingerprint density at radius 3 is 2.86 bits per heavy atom. The molecule has 0 aromatic carbocycles. The van der Waals surface area contributed by atoms with Gasteiger partial charge in [-0.15, -0.1) is 6.58 Å². The first-order valence-electron chi connectivity index (χ1n) is 6.73. The molecule has 0 unspecified atom stereocenters. The quantitative estimate of drug-likeness (QED) is 0.810. The molecule has 0 saturated carbocycles. The van der Waals surface area contributed by atoms with Gasteiger partial charge in [0, 0.05) is 13.1 Å². The Bertz CT molecular complexity index is 631. The van der Waals surface area contributed by atoms with Crippen LogP contribution in [-0.4, -0.2) is 42.9 Å². The summed E-state index contributed by atoms with van der Waals surface area (Å²) < 4.78 is 31.7. The molecule has 2 rings (SSSR count). The molecule has 1 atom stereocenters. The third kappa shape index (κ3) is 2.86. The lowest BCUT2D eigenvalue weighted by atomic mass is 10.2. The molecule has 116 valence electrons. The minimum Gasteiger partial charge on any atom is -0.360 e. The Morgan fingerprint density at radius 1 is 1.57 bits per heavy atom. The molecule has 1 N–H and O–H groups in total. The molecule has 0 aliphatic carbocycles. The van der Waals surface area contributed by atoms with Gasteiger partial charge in [0.25, 0.3) is 0 Å². The minimum atomic E-state index is -3.79. The highest BCUT2D eigenvalue weighted by Gasteiger charge is 2.41. The number of amides is 1. The van der Waals surface area contributed by atoms with Crippen molar-refractivity contribution in [1.29, 1.82) is 0 Å². The van der Waals surface area contributed by atoms with Crippen molar-refractivity contribution in [3.63, 3.8) is 0 Å². The Hall–Kier alpha value is -1.67. The fourth-order valence-electron chi connectivity index (χ4n) is 2.54. The number of nitrogens with zero attached hydrogens (tertiary/aromatic N) is 2. The average Bonchev–Trinajstić information content (AvgIpc) is 3.03. The normalized spacial score (nSPS) is 19.6. The molecular weight excluding hydrogens is 294 g/mol. The van der Waals surface area contributed by atoms with Gasteiger partial charge in [0.1, 0.15) is 16.6 Å². The van der Waals surface area contributed by atoms with E-state index in [-0.39, 0.29) is 16.6 Å². The number of carbonyl (C=O) groups is 1. The van der Waals surface area contributed by atoms with E-state index < -0.39 is 16.1 Å². The highest BCUT2D eigenvalue weighted by atomic mass is 32.2. The fourth-order valence-corrected chi connectivity index (χ4v) is 4.49. The SMILES string of the molecule is C=CCNC(=O)[C@H]1CCCN1S(=O)(=O)c1c(C)noc1C. The van der Waals surface area contributed by atoms with Crippen molar-refractivity contribution < 1.29 is 17.7 Å². The zero-order chi connectivity index (χ0) is 15.6. The lowest BCUT2D eigenvalue weighted by molar-refractivity contribution is -0.123. The molecule has 1 saturated heterocycles. The van der Waals surface area contributed by atoms with Gasteiger partial charge in [-0.05, 0) is 26.7 Å². The first-order valence-corrected chi connectivity index (χ1v) is 8.17. The summed E-state index contributed by atoms with van der Waals surface area (Å²) in [6, 6.07) is -0.691. The Balaban J connectivity index is 2.31. The maximum Gasteiger partial charge on any atom is 0.249 e. The number of rotatable bonds is 5. The minimum absolute atomic E-state index is 0.0610. The fraction of sp³-hybridized carbons (Fsp3) is 0.538. The summed E-state index contributed by atoms with van der Waals surface area (Å²) in [4.78, 5) is 12.2. The molecule has 1 aromatic heterocycles. The zero-order valence-electron chi connectivity index (χ0n) is 12.1. The topological polar surface area (TPSA) is 92.5 Å². The summed E-state index contributed by atoms with van der Waals surface area (Å²) in [5, 5.41) is 6.33. The molecule has 21 heavy (non-hydrogen) atoms. The smallest absolute Gasteiger partial charge is 0.249 e. The van der Waals surface area contributed by atoms with E-state index in [0.29, 0.717) is 31.6 Å². The van der Waals surface area contributed by atoms with Gasteiger partial charge in [0.2, 0.25) is 15.9 Å². The van der Waals surface area contributed by atoms with Gasteiger partial charge in [-0.25, -0.2) is 8.42 Å². The number of carbonyl (C=O) groups excluding carboxylic acids is 1. The summed E-state index contributed by atoms with van der Waals surface area (Å²) in [7, 11) is -3.79. The third-order valence-electron chi connectivity index (χ3n) is 3.46. The van der Waals surface area contributed by atoms with Crippen LogP contribution in [0.25, 0.3) is 0 Å². The number of hydrogen-bond donors (Lipinski definition) is 1. The summed E-state index contributed by atoms with van der Waals surface area (Å²) in [6.45, 7) is 7.28. The van der Waals surface area contributed by atoms with Gasteiger partial charge in [0.05, 0.1) is 0 Å². The zero-order valence-corrected chi connectivity index (χ0v) is 12.9. The molecule has 1 aliphatic rings. The highest BCUT2D eigenvalue weighted by Crippen LogP contribution is 2.29. The maximum absolute atomic E-state index is 12.8. The third-order valence-corrected chi connectivity index (χ3v) is 5.61. The second-order valence-electron chi connectivity index (χ2n) is 4.96. The van der Waals surface area contributed by atoms with Gasteiger partial charge in [0.15, 0.2) is 5.76 Å². The van der Waals surface area contributed by atoms with Crippen molar-refractivity contribution in [3.8, 4) is 0 Å². The van der Waals surface area contributed by atoms with Crippen LogP contribution in [0.3, 0.4) is 0 Å². The van der Waals surface area contributed by atoms with E-state index in [9.17, 15) is 13.2 Å². The molecule has 2 heterocycles. The molecule has 0 spiro atoms. The molecule has 8 heteroatoms. The maximum atomic E-state index is 12.8. The molecule has 1 amide bonds. The largest absolute Gasteiger partial charge is 0.360 e. The number of nitrogens with one attached hydrogen (secondary N) is 1. The van der Waals surface area contributed by atoms with Crippen LogP contribution >= 0.6 is 0 Å². The number of aryl methyl sites for hydroxylation is 2. The number of hydrogen-bond acceptors (Lipinski definition) is 5. The van der Waals surface area contributed by atoms with E-state index in [1.807, 2.05) is 0 Å². The van der Waals surface area contributed by atoms with E-state index in [2.05, 4.69) is 17.1 Å². The van der Waals surface area contributed by atoms with Crippen molar-refractivity contribution in [2.75, 3.05) is 13.1 Å². The van der Waals surface area contributed by atoms with Crippen LogP contribution in [0.1, 0.15) is 24.3 Å². The van der Waals surface area contributed by atoms with Crippen molar-refractivity contribution in [3.05, 3.63) is 24.1 Å². The molecule has 1 fully saturated rings. The van der Waals surface area contributed by atoms with Crippen LogP contribution < -0.4 is 5.32 Å². The van der Waals surface area contributed by atoms with E-state index in [1.54, 1.807) is 19.9 Å². The highest BCUT2D eigenvalue weighted by molar-refractivity contribution is 7.89. The molecule has 0 bridgehead atoms. The van der Waals surface area contributed by atoms with E-state index in [4.69, 9.17) is 4.52 Å². The lowest BCUT2D eigenvalue weighted by Gasteiger charge is -2.22. The van der Waals surface area contributed by atoms with Crippen molar-refractivity contribution in [1.82, 2.24) is 14.8 Å². The molecule has 7 nitrogen and oxygen atoms in total. The van der Waals surface area contributed by atoms with E-state index >= 15 is 0 Å². The van der Waals surface area contributed by atoms with Gasteiger partial charge < -0.3 is 9.84 Å². The van der Waals surface area contributed by atoms with E-state index in [0.717, 1.165) is 0 Å². The Labute approximate surface area is 124 Å². The van der Waals surface area contributed by atoms with Crippen LogP contribution in [-0.2, 0) is 14.8 Å². The molecule has 1 aliphatic heterocycles. The number of aromatic nitrogens is 1. The predicted octanol–water partition coefficient (Wildman–Crippen LogP) is 0.747.